The molecule has 6 heteroatoms. The second-order valence-corrected chi connectivity index (χ2v) is 7.36. The van der Waals surface area contributed by atoms with Crippen molar-refractivity contribution >= 4 is 46.3 Å². The van der Waals surface area contributed by atoms with E-state index in [1.54, 1.807) is 17.4 Å². The Kier molecular flexibility index (Phi) is 4.42. The Balaban J connectivity index is 1.58. The van der Waals surface area contributed by atoms with E-state index in [9.17, 15) is 4.79 Å². The summed E-state index contributed by atoms with van der Waals surface area (Å²) >= 11 is 9.27. The predicted molar refractivity (Wildman–Crippen MR) is 90.0 cm³/mol. The smallest absolute Gasteiger partial charge is 0.233 e. The van der Waals surface area contributed by atoms with E-state index < -0.39 is 0 Å². The minimum atomic E-state index is 0.171. The van der Waals surface area contributed by atoms with Gasteiger partial charge < -0.3 is 10.6 Å². The zero-order chi connectivity index (χ0) is 14.8. The Labute approximate surface area is 137 Å². The molecule has 2 aromatic rings. The summed E-state index contributed by atoms with van der Waals surface area (Å²) in [6.07, 6.45) is 0.969. The normalized spacial score (nSPS) is 14.0. The summed E-state index contributed by atoms with van der Waals surface area (Å²) in [5.41, 5.74) is 7.54. The van der Waals surface area contributed by atoms with Crippen molar-refractivity contribution in [1.29, 1.82) is 0 Å². The highest BCUT2D eigenvalue weighted by Crippen LogP contribution is 2.28. The number of anilines is 1. The van der Waals surface area contributed by atoms with Gasteiger partial charge in [-0.25, -0.2) is 0 Å². The highest BCUT2D eigenvalue weighted by molar-refractivity contribution is 8.00. The molecule has 110 valence electrons. The molecule has 1 aromatic heterocycles. The largest absolute Gasteiger partial charge is 0.398 e. The van der Waals surface area contributed by atoms with E-state index >= 15 is 0 Å². The second kappa shape index (κ2) is 6.30. The molecule has 0 atom stereocenters. The fourth-order valence-electron chi connectivity index (χ4n) is 2.30. The van der Waals surface area contributed by atoms with Gasteiger partial charge in [0.25, 0.3) is 0 Å². The molecule has 1 amide bonds. The lowest BCUT2D eigenvalue weighted by Gasteiger charge is -2.27. The third-order valence-electron chi connectivity index (χ3n) is 3.49. The minimum Gasteiger partial charge on any atom is -0.398 e. The van der Waals surface area contributed by atoms with Gasteiger partial charge in [0.1, 0.15) is 0 Å². The number of fused-ring (bicyclic) bond motifs is 1. The molecule has 0 aliphatic carbocycles. The molecular formula is C15H15ClN2OS2. The van der Waals surface area contributed by atoms with Crippen molar-refractivity contribution in [2.45, 2.75) is 17.9 Å². The van der Waals surface area contributed by atoms with E-state index in [2.05, 4.69) is 11.4 Å². The van der Waals surface area contributed by atoms with Crippen LogP contribution in [0.2, 0.25) is 5.02 Å². The molecule has 0 saturated carbocycles. The lowest BCUT2D eigenvalue weighted by Crippen LogP contribution is -2.36. The topological polar surface area (TPSA) is 46.3 Å². The first kappa shape index (κ1) is 14.8. The lowest BCUT2D eigenvalue weighted by molar-refractivity contribution is -0.129. The number of nitrogens with two attached hydrogens (primary N) is 1. The van der Waals surface area contributed by atoms with Gasteiger partial charge in [-0.15, -0.1) is 23.1 Å². The quantitative estimate of drug-likeness (QED) is 0.686. The molecule has 1 aromatic carbocycles. The van der Waals surface area contributed by atoms with Crippen LogP contribution in [0.15, 0.2) is 34.5 Å². The maximum atomic E-state index is 12.3. The van der Waals surface area contributed by atoms with Crippen LogP contribution in [-0.2, 0) is 17.8 Å². The number of thiophene rings is 1. The fourth-order valence-corrected chi connectivity index (χ4v) is 4.27. The highest BCUT2D eigenvalue weighted by atomic mass is 35.5. The maximum absolute atomic E-state index is 12.3. The molecule has 1 aliphatic heterocycles. The van der Waals surface area contributed by atoms with Crippen LogP contribution in [-0.4, -0.2) is 23.1 Å². The van der Waals surface area contributed by atoms with Gasteiger partial charge in [-0.2, -0.15) is 0 Å². The van der Waals surface area contributed by atoms with E-state index in [1.165, 1.54) is 22.2 Å². The number of halogens is 1. The van der Waals surface area contributed by atoms with Crippen molar-refractivity contribution in [3.8, 4) is 0 Å². The average molecular weight is 339 g/mol. The summed E-state index contributed by atoms with van der Waals surface area (Å²) in [5, 5.41) is 2.64. The lowest BCUT2D eigenvalue weighted by atomic mass is 10.1. The number of hydrogen-bond donors (Lipinski definition) is 1. The maximum Gasteiger partial charge on any atom is 0.233 e. The molecule has 0 saturated heterocycles. The summed E-state index contributed by atoms with van der Waals surface area (Å²) in [4.78, 5) is 16.6. The number of hydrogen-bond acceptors (Lipinski definition) is 4. The van der Waals surface area contributed by atoms with E-state index in [0.29, 0.717) is 16.5 Å². The van der Waals surface area contributed by atoms with E-state index in [0.717, 1.165) is 24.4 Å². The molecule has 21 heavy (non-hydrogen) atoms. The van der Waals surface area contributed by atoms with E-state index in [-0.39, 0.29) is 5.91 Å². The van der Waals surface area contributed by atoms with Crippen LogP contribution in [0, 0.1) is 0 Å². The van der Waals surface area contributed by atoms with Crippen LogP contribution in [0.3, 0.4) is 0 Å². The first-order valence-electron chi connectivity index (χ1n) is 6.64. The number of carbonyl (C=O) groups is 1. The number of benzene rings is 1. The fraction of sp³-hybridized carbons (Fsp3) is 0.267. The zero-order valence-corrected chi connectivity index (χ0v) is 13.7. The molecule has 0 unspecified atom stereocenters. The first-order chi connectivity index (χ1) is 10.1. The Morgan fingerprint density at radius 1 is 1.43 bits per heavy atom. The summed E-state index contributed by atoms with van der Waals surface area (Å²) in [6.45, 7) is 1.55. The molecule has 2 heterocycles. The van der Waals surface area contributed by atoms with Crippen molar-refractivity contribution in [3.05, 3.63) is 45.1 Å². The second-order valence-electron chi connectivity index (χ2n) is 4.91. The molecule has 0 fully saturated rings. The number of carbonyl (C=O) groups excluding carboxylic acids is 1. The van der Waals surface area contributed by atoms with Gasteiger partial charge in [-0.3, -0.25) is 4.79 Å². The average Bonchev–Trinajstić information content (AvgIpc) is 2.95. The zero-order valence-electron chi connectivity index (χ0n) is 11.3. The SMILES string of the molecule is Nc1ccc(SCC(=O)N2CCc3sccc3C2)cc1Cl. The van der Waals surface area contributed by atoms with Gasteiger partial charge in [-0.05, 0) is 41.6 Å². The molecule has 0 bridgehead atoms. The van der Waals surface area contributed by atoms with Crippen molar-refractivity contribution in [2.75, 3.05) is 18.0 Å². The number of rotatable bonds is 3. The number of nitrogen functional groups attached to an aromatic ring is 1. The van der Waals surface area contributed by atoms with Gasteiger partial charge in [0, 0.05) is 22.9 Å². The van der Waals surface area contributed by atoms with Crippen molar-refractivity contribution in [1.82, 2.24) is 4.90 Å². The number of thioether (sulfide) groups is 1. The number of amides is 1. The molecule has 0 radical (unpaired) electrons. The Bertz CT molecular complexity index is 671. The highest BCUT2D eigenvalue weighted by Gasteiger charge is 2.21. The van der Waals surface area contributed by atoms with Crippen LogP contribution in [0.5, 0.6) is 0 Å². The van der Waals surface area contributed by atoms with E-state index in [4.69, 9.17) is 17.3 Å². The Morgan fingerprint density at radius 2 is 2.29 bits per heavy atom. The summed E-state index contributed by atoms with van der Waals surface area (Å²) in [7, 11) is 0. The van der Waals surface area contributed by atoms with Gasteiger partial charge in [0.15, 0.2) is 0 Å². The van der Waals surface area contributed by atoms with Gasteiger partial charge in [0.05, 0.1) is 16.5 Å². The van der Waals surface area contributed by atoms with Crippen LogP contribution < -0.4 is 5.73 Å². The summed E-state index contributed by atoms with van der Waals surface area (Å²) in [6, 6.07) is 7.59. The van der Waals surface area contributed by atoms with Crippen molar-refractivity contribution in [3.63, 3.8) is 0 Å². The molecule has 1 aliphatic rings. The molecule has 0 spiro atoms. The van der Waals surface area contributed by atoms with Crippen LogP contribution in [0.25, 0.3) is 0 Å². The molecule has 3 nitrogen and oxygen atoms in total. The van der Waals surface area contributed by atoms with Gasteiger partial charge in [0.2, 0.25) is 5.91 Å². The summed E-state index contributed by atoms with van der Waals surface area (Å²) in [5.74, 6) is 0.601. The Morgan fingerprint density at radius 3 is 3.10 bits per heavy atom. The molecule has 2 N–H and O–H groups in total. The summed E-state index contributed by atoms with van der Waals surface area (Å²) < 4.78 is 0. The third-order valence-corrected chi connectivity index (χ3v) is 5.82. The molecule has 3 rings (SSSR count). The third kappa shape index (κ3) is 3.36. The van der Waals surface area contributed by atoms with Crippen molar-refractivity contribution in [2.24, 2.45) is 0 Å². The monoisotopic (exact) mass is 338 g/mol. The van der Waals surface area contributed by atoms with Crippen LogP contribution in [0.4, 0.5) is 5.69 Å². The van der Waals surface area contributed by atoms with Gasteiger partial charge in [-0.1, -0.05) is 11.6 Å². The minimum absolute atomic E-state index is 0.171. The number of nitrogens with zero attached hydrogens (tertiary/aromatic N) is 1. The van der Waals surface area contributed by atoms with Crippen LogP contribution in [0.1, 0.15) is 10.4 Å². The Hall–Kier alpha value is -1.17. The van der Waals surface area contributed by atoms with Gasteiger partial charge >= 0.3 is 0 Å². The standard InChI is InChI=1S/C15H15ClN2OS2/c16-12-7-11(1-2-13(12)17)21-9-15(19)18-5-3-14-10(8-18)4-6-20-14/h1-2,4,6-7H,3,5,8-9,17H2. The van der Waals surface area contributed by atoms with Crippen molar-refractivity contribution < 1.29 is 4.79 Å². The predicted octanol–water partition coefficient (Wildman–Crippen LogP) is 3.66. The molecular weight excluding hydrogens is 324 g/mol. The van der Waals surface area contributed by atoms with Crippen LogP contribution >= 0.6 is 34.7 Å². The first-order valence-corrected chi connectivity index (χ1v) is 8.88. The van der Waals surface area contributed by atoms with E-state index in [1.807, 2.05) is 17.0 Å².